The van der Waals surface area contributed by atoms with E-state index in [9.17, 15) is 4.79 Å². The van der Waals surface area contributed by atoms with Gasteiger partial charge in [0.05, 0.1) is 13.2 Å². The summed E-state index contributed by atoms with van der Waals surface area (Å²) in [4.78, 5) is 16.4. The lowest BCUT2D eigenvalue weighted by molar-refractivity contribution is -0.128. The molecule has 1 aromatic heterocycles. The predicted octanol–water partition coefficient (Wildman–Crippen LogP) is 1.51. The quantitative estimate of drug-likeness (QED) is 0.896. The van der Waals surface area contributed by atoms with Crippen LogP contribution in [0, 0.1) is 0 Å². The molecule has 0 saturated carbocycles. The molecule has 6 nitrogen and oxygen atoms in total. The number of benzene rings is 1. The summed E-state index contributed by atoms with van der Waals surface area (Å²) in [5.41, 5.74) is 0.966. The third kappa shape index (κ3) is 3.47. The van der Waals surface area contributed by atoms with E-state index in [1.165, 1.54) is 0 Å². The molecule has 1 aromatic carbocycles. The number of hydrogen-bond acceptors (Lipinski definition) is 4. The van der Waals surface area contributed by atoms with Crippen LogP contribution in [0.5, 0.6) is 0 Å². The van der Waals surface area contributed by atoms with Crippen molar-refractivity contribution >= 4 is 23.5 Å². The number of hydrogen-bond donors (Lipinski definition) is 2. The first-order valence-corrected chi connectivity index (χ1v) is 7.49. The molecular weight excluding hydrogens is 304 g/mol. The zero-order valence-corrected chi connectivity index (χ0v) is 12.7. The molecule has 1 amide bonds. The van der Waals surface area contributed by atoms with Gasteiger partial charge in [-0.25, -0.2) is 4.98 Å². The summed E-state index contributed by atoms with van der Waals surface area (Å²) < 4.78 is 7.28. The number of anilines is 1. The highest BCUT2D eigenvalue weighted by atomic mass is 35.5. The molecule has 1 aliphatic heterocycles. The fraction of sp³-hybridized carbons (Fsp3) is 0.333. The molecule has 1 fully saturated rings. The Bertz CT molecular complexity index is 652. The Kier molecular flexibility index (Phi) is 4.72. The number of aromatic nitrogens is 2. The fourth-order valence-electron chi connectivity index (χ4n) is 2.30. The van der Waals surface area contributed by atoms with Crippen LogP contribution >= 0.6 is 11.6 Å². The van der Waals surface area contributed by atoms with Gasteiger partial charge in [-0.15, -0.1) is 0 Å². The Morgan fingerprint density at radius 1 is 1.50 bits per heavy atom. The third-order valence-electron chi connectivity index (χ3n) is 3.47. The molecule has 0 spiro atoms. The van der Waals surface area contributed by atoms with Gasteiger partial charge in [-0.2, -0.15) is 0 Å². The molecule has 2 heterocycles. The number of nitrogens with zero attached hydrogens (tertiary/aromatic N) is 2. The van der Waals surface area contributed by atoms with Crippen LogP contribution in [0.3, 0.4) is 0 Å². The summed E-state index contributed by atoms with van der Waals surface area (Å²) in [6, 6.07) is 7.60. The fourth-order valence-corrected chi connectivity index (χ4v) is 2.49. The minimum atomic E-state index is -0.487. The highest BCUT2D eigenvalue weighted by molar-refractivity contribution is 6.31. The van der Waals surface area contributed by atoms with Crippen molar-refractivity contribution in [2.75, 3.05) is 25.0 Å². The first-order chi connectivity index (χ1) is 10.7. The molecule has 116 valence electrons. The van der Waals surface area contributed by atoms with Crippen LogP contribution in [0.15, 0.2) is 36.7 Å². The largest absolute Gasteiger partial charge is 0.366 e. The van der Waals surface area contributed by atoms with Crippen LogP contribution in [0.25, 0.3) is 0 Å². The summed E-state index contributed by atoms with van der Waals surface area (Å²) in [6.45, 7) is 2.35. The molecular formula is C15H17ClN4O2. The van der Waals surface area contributed by atoms with Crippen molar-refractivity contribution in [2.24, 2.45) is 0 Å². The molecule has 2 aromatic rings. The van der Waals surface area contributed by atoms with Crippen molar-refractivity contribution in [1.29, 1.82) is 0 Å². The summed E-state index contributed by atoms with van der Waals surface area (Å²) in [6.07, 6.45) is 2.96. The maximum atomic E-state index is 12.2. The number of halogens is 1. The second-order valence-corrected chi connectivity index (χ2v) is 5.43. The molecule has 1 atom stereocenters. The third-order valence-corrected chi connectivity index (χ3v) is 3.84. The molecule has 0 aliphatic carbocycles. The molecule has 0 unspecified atom stereocenters. The van der Waals surface area contributed by atoms with Gasteiger partial charge in [0.15, 0.2) is 0 Å². The number of ether oxygens (including phenoxy) is 1. The molecule has 1 aliphatic rings. The maximum absolute atomic E-state index is 12.2. The van der Waals surface area contributed by atoms with Crippen LogP contribution in [0.4, 0.5) is 5.95 Å². The van der Waals surface area contributed by atoms with Gasteiger partial charge in [-0.05, 0) is 11.6 Å². The van der Waals surface area contributed by atoms with E-state index < -0.39 is 6.10 Å². The van der Waals surface area contributed by atoms with Gasteiger partial charge in [-0.1, -0.05) is 29.8 Å². The van der Waals surface area contributed by atoms with Gasteiger partial charge < -0.3 is 14.6 Å². The van der Waals surface area contributed by atoms with E-state index in [0.29, 0.717) is 30.7 Å². The first kappa shape index (κ1) is 15.0. The van der Waals surface area contributed by atoms with Gasteiger partial charge in [-0.3, -0.25) is 10.1 Å². The van der Waals surface area contributed by atoms with Crippen molar-refractivity contribution in [2.45, 2.75) is 12.6 Å². The van der Waals surface area contributed by atoms with E-state index in [1.807, 2.05) is 28.8 Å². The lowest BCUT2D eigenvalue weighted by Gasteiger charge is -2.22. The number of carbonyl (C=O) groups excluding carboxylic acids is 1. The number of amides is 1. The predicted molar refractivity (Wildman–Crippen MR) is 84.0 cm³/mol. The zero-order chi connectivity index (χ0) is 15.4. The summed E-state index contributed by atoms with van der Waals surface area (Å²) in [5.74, 6) is 0.290. The van der Waals surface area contributed by atoms with E-state index in [2.05, 4.69) is 15.6 Å². The summed E-state index contributed by atoms with van der Waals surface area (Å²) in [5, 5.41) is 6.62. The lowest BCUT2D eigenvalue weighted by Crippen LogP contribution is -2.45. The minimum Gasteiger partial charge on any atom is -0.366 e. The maximum Gasteiger partial charge on any atom is 0.257 e. The number of rotatable bonds is 4. The van der Waals surface area contributed by atoms with Crippen LogP contribution in [-0.4, -0.2) is 41.3 Å². The number of imidazole rings is 1. The van der Waals surface area contributed by atoms with Crippen molar-refractivity contribution in [1.82, 2.24) is 14.9 Å². The van der Waals surface area contributed by atoms with E-state index in [-0.39, 0.29) is 5.91 Å². The molecule has 2 N–H and O–H groups in total. The van der Waals surface area contributed by atoms with Gasteiger partial charge in [0.25, 0.3) is 5.91 Å². The monoisotopic (exact) mass is 320 g/mol. The number of nitrogens with one attached hydrogen (secondary N) is 2. The van der Waals surface area contributed by atoms with Gasteiger partial charge in [0.2, 0.25) is 5.95 Å². The van der Waals surface area contributed by atoms with E-state index in [4.69, 9.17) is 16.3 Å². The van der Waals surface area contributed by atoms with Crippen LogP contribution in [0.2, 0.25) is 5.02 Å². The Hall–Kier alpha value is -1.89. The van der Waals surface area contributed by atoms with Crippen molar-refractivity contribution < 1.29 is 9.53 Å². The zero-order valence-electron chi connectivity index (χ0n) is 12.0. The normalized spacial score (nSPS) is 18.1. The van der Waals surface area contributed by atoms with Crippen LogP contribution in [-0.2, 0) is 16.1 Å². The van der Waals surface area contributed by atoms with Crippen molar-refractivity contribution in [3.8, 4) is 0 Å². The Balaban J connectivity index is 1.69. The van der Waals surface area contributed by atoms with Gasteiger partial charge >= 0.3 is 0 Å². The van der Waals surface area contributed by atoms with E-state index in [0.717, 1.165) is 12.1 Å². The van der Waals surface area contributed by atoms with E-state index >= 15 is 0 Å². The molecule has 0 bridgehead atoms. The van der Waals surface area contributed by atoms with Gasteiger partial charge in [0.1, 0.15) is 6.10 Å². The summed E-state index contributed by atoms with van der Waals surface area (Å²) in [7, 11) is 0. The summed E-state index contributed by atoms with van der Waals surface area (Å²) >= 11 is 6.17. The average Bonchev–Trinajstić information content (AvgIpc) is 2.97. The van der Waals surface area contributed by atoms with Crippen LogP contribution < -0.4 is 10.6 Å². The molecule has 0 radical (unpaired) electrons. The standard InChI is InChI=1S/C15H17ClN4O2/c16-12-4-2-1-3-11(12)10-20-7-5-18-15(20)19-14(21)13-9-17-6-8-22-13/h1-5,7,13,17H,6,8-10H2,(H,18,19,21)/t13-/m0/s1. The second-order valence-electron chi connectivity index (χ2n) is 5.02. The SMILES string of the molecule is O=C(Nc1nccn1Cc1ccccc1Cl)[C@@H]1CNCCO1. The Labute approximate surface area is 133 Å². The topological polar surface area (TPSA) is 68.2 Å². The van der Waals surface area contributed by atoms with Crippen molar-refractivity contribution in [3.63, 3.8) is 0 Å². The van der Waals surface area contributed by atoms with Crippen LogP contribution in [0.1, 0.15) is 5.56 Å². The number of carbonyl (C=O) groups is 1. The van der Waals surface area contributed by atoms with E-state index in [1.54, 1.807) is 12.4 Å². The molecule has 1 saturated heterocycles. The Morgan fingerprint density at radius 2 is 2.36 bits per heavy atom. The highest BCUT2D eigenvalue weighted by Crippen LogP contribution is 2.18. The smallest absolute Gasteiger partial charge is 0.257 e. The minimum absolute atomic E-state index is 0.196. The number of morpholine rings is 1. The second kappa shape index (κ2) is 6.91. The molecule has 22 heavy (non-hydrogen) atoms. The van der Waals surface area contributed by atoms with Crippen molar-refractivity contribution in [3.05, 3.63) is 47.2 Å². The molecule has 3 rings (SSSR count). The molecule has 7 heteroatoms. The Morgan fingerprint density at radius 3 is 3.14 bits per heavy atom. The lowest BCUT2D eigenvalue weighted by atomic mass is 10.2. The average molecular weight is 321 g/mol. The first-order valence-electron chi connectivity index (χ1n) is 7.12. The van der Waals surface area contributed by atoms with Gasteiger partial charge in [0, 0.05) is 30.5 Å². The highest BCUT2D eigenvalue weighted by Gasteiger charge is 2.23.